The predicted octanol–water partition coefficient (Wildman–Crippen LogP) is 4.14. The Morgan fingerprint density at radius 3 is 2.56 bits per heavy atom. The van der Waals surface area contributed by atoms with Crippen molar-refractivity contribution < 1.29 is 9.90 Å². The molecule has 0 heterocycles. The van der Waals surface area contributed by atoms with E-state index in [1.807, 2.05) is 0 Å². The van der Waals surface area contributed by atoms with E-state index in [0.717, 1.165) is 32.1 Å². The van der Waals surface area contributed by atoms with Gasteiger partial charge in [0.25, 0.3) is 0 Å². The average Bonchev–Trinajstić information content (AvgIpc) is 2.31. The van der Waals surface area contributed by atoms with Crippen LogP contribution in [0.2, 0.25) is 0 Å². The molecule has 0 atom stereocenters. The molecular weight excluding hydrogens is 224 g/mol. The lowest BCUT2D eigenvalue weighted by Gasteiger charge is -2.08. The van der Waals surface area contributed by atoms with Crippen LogP contribution >= 0.6 is 0 Å². The van der Waals surface area contributed by atoms with Crippen LogP contribution in [-0.2, 0) is 17.6 Å². The van der Waals surface area contributed by atoms with Crippen LogP contribution in [-0.4, -0.2) is 11.1 Å². The summed E-state index contributed by atoms with van der Waals surface area (Å²) in [6, 6.07) is 6.75. The zero-order chi connectivity index (χ0) is 13.4. The highest BCUT2D eigenvalue weighted by Gasteiger charge is 2.01. The fourth-order valence-corrected chi connectivity index (χ4v) is 2.25. The molecular formula is C16H24O2. The molecule has 0 aliphatic carbocycles. The lowest BCUT2D eigenvalue weighted by Crippen LogP contribution is -1.95. The molecule has 1 rings (SSSR count). The van der Waals surface area contributed by atoms with E-state index in [1.165, 1.54) is 23.1 Å². The zero-order valence-corrected chi connectivity index (χ0v) is 11.5. The van der Waals surface area contributed by atoms with Gasteiger partial charge in [0.05, 0.1) is 0 Å². The van der Waals surface area contributed by atoms with E-state index in [-0.39, 0.29) is 0 Å². The summed E-state index contributed by atoms with van der Waals surface area (Å²) in [6.45, 7) is 4.37. The Labute approximate surface area is 110 Å². The number of carboxylic acid groups (broad SMARTS) is 1. The van der Waals surface area contributed by atoms with Gasteiger partial charge in [-0.25, -0.2) is 0 Å². The van der Waals surface area contributed by atoms with Gasteiger partial charge in [-0.1, -0.05) is 38.0 Å². The number of benzene rings is 1. The molecule has 0 spiro atoms. The highest BCUT2D eigenvalue weighted by atomic mass is 16.4. The van der Waals surface area contributed by atoms with E-state index in [2.05, 4.69) is 32.0 Å². The molecule has 0 saturated carbocycles. The van der Waals surface area contributed by atoms with Crippen molar-refractivity contribution in [3.8, 4) is 0 Å². The molecule has 0 amide bonds. The zero-order valence-electron chi connectivity index (χ0n) is 11.5. The number of aliphatic carboxylic acids is 1. The molecule has 0 aliphatic rings. The Kier molecular flexibility index (Phi) is 6.48. The van der Waals surface area contributed by atoms with Crippen molar-refractivity contribution in [3.63, 3.8) is 0 Å². The fraction of sp³-hybridized carbons (Fsp3) is 0.562. The Balaban J connectivity index is 2.36. The first-order chi connectivity index (χ1) is 8.63. The molecule has 1 aromatic rings. The van der Waals surface area contributed by atoms with Crippen molar-refractivity contribution in [3.05, 3.63) is 34.9 Å². The molecule has 0 aromatic heterocycles. The maximum Gasteiger partial charge on any atom is 0.303 e. The SMILES string of the molecule is CCCc1ccc(CCCCCC(=O)O)c(C)c1. The highest BCUT2D eigenvalue weighted by molar-refractivity contribution is 5.66. The van der Waals surface area contributed by atoms with E-state index >= 15 is 0 Å². The number of unbranched alkanes of at least 4 members (excludes halogenated alkanes) is 2. The lowest BCUT2D eigenvalue weighted by molar-refractivity contribution is -0.137. The van der Waals surface area contributed by atoms with Crippen molar-refractivity contribution in [2.45, 2.75) is 58.8 Å². The van der Waals surface area contributed by atoms with E-state index in [4.69, 9.17) is 5.11 Å². The second kappa shape index (κ2) is 7.91. The van der Waals surface area contributed by atoms with Gasteiger partial charge in [0, 0.05) is 6.42 Å². The van der Waals surface area contributed by atoms with Gasteiger partial charge >= 0.3 is 5.97 Å². The third-order valence-corrected chi connectivity index (χ3v) is 3.28. The van der Waals surface area contributed by atoms with Crippen LogP contribution in [0.3, 0.4) is 0 Å². The molecule has 1 N–H and O–H groups in total. The van der Waals surface area contributed by atoms with Gasteiger partial charge in [0.1, 0.15) is 0 Å². The van der Waals surface area contributed by atoms with Crippen molar-refractivity contribution in [2.75, 3.05) is 0 Å². The maximum absolute atomic E-state index is 10.4. The minimum Gasteiger partial charge on any atom is -0.481 e. The number of hydrogen-bond donors (Lipinski definition) is 1. The van der Waals surface area contributed by atoms with Crippen LogP contribution in [0.5, 0.6) is 0 Å². The molecule has 100 valence electrons. The van der Waals surface area contributed by atoms with Crippen molar-refractivity contribution >= 4 is 5.97 Å². The summed E-state index contributed by atoms with van der Waals surface area (Å²) in [6.07, 6.45) is 6.59. The summed E-state index contributed by atoms with van der Waals surface area (Å²) in [5.74, 6) is -0.685. The number of rotatable bonds is 8. The van der Waals surface area contributed by atoms with Gasteiger partial charge in [0.15, 0.2) is 0 Å². The normalized spacial score (nSPS) is 10.6. The van der Waals surface area contributed by atoms with Crippen molar-refractivity contribution in [2.24, 2.45) is 0 Å². The molecule has 0 unspecified atom stereocenters. The van der Waals surface area contributed by atoms with E-state index in [0.29, 0.717) is 6.42 Å². The van der Waals surface area contributed by atoms with Crippen LogP contribution in [0.4, 0.5) is 0 Å². The number of hydrogen-bond acceptors (Lipinski definition) is 1. The standard InChI is InChI=1S/C16H24O2/c1-3-7-14-10-11-15(13(2)12-14)8-5-4-6-9-16(17)18/h10-12H,3-9H2,1-2H3,(H,17,18). The third kappa shape index (κ3) is 5.35. The smallest absolute Gasteiger partial charge is 0.303 e. The predicted molar refractivity (Wildman–Crippen MR) is 75.0 cm³/mol. The third-order valence-electron chi connectivity index (χ3n) is 3.28. The molecule has 0 radical (unpaired) electrons. The van der Waals surface area contributed by atoms with Crippen molar-refractivity contribution in [1.29, 1.82) is 0 Å². The van der Waals surface area contributed by atoms with E-state index in [1.54, 1.807) is 0 Å². The quantitative estimate of drug-likeness (QED) is 0.702. The van der Waals surface area contributed by atoms with Gasteiger partial charge in [-0.2, -0.15) is 0 Å². The second-order valence-electron chi connectivity index (χ2n) is 4.97. The topological polar surface area (TPSA) is 37.3 Å². The van der Waals surface area contributed by atoms with Crippen LogP contribution < -0.4 is 0 Å². The van der Waals surface area contributed by atoms with Crippen LogP contribution in [0.1, 0.15) is 55.7 Å². The number of carbonyl (C=O) groups is 1. The lowest BCUT2D eigenvalue weighted by atomic mass is 9.98. The Bertz CT molecular complexity index is 383. The summed E-state index contributed by atoms with van der Waals surface area (Å²) < 4.78 is 0. The van der Waals surface area contributed by atoms with Crippen LogP contribution in [0.25, 0.3) is 0 Å². The average molecular weight is 248 g/mol. The monoisotopic (exact) mass is 248 g/mol. The maximum atomic E-state index is 10.4. The summed E-state index contributed by atoms with van der Waals surface area (Å²) in [5, 5.41) is 8.55. The molecule has 0 saturated heterocycles. The first kappa shape index (κ1) is 14.7. The van der Waals surface area contributed by atoms with Crippen LogP contribution in [0, 0.1) is 6.92 Å². The van der Waals surface area contributed by atoms with Crippen LogP contribution in [0.15, 0.2) is 18.2 Å². The largest absolute Gasteiger partial charge is 0.481 e. The molecule has 1 aromatic carbocycles. The Morgan fingerprint density at radius 2 is 1.94 bits per heavy atom. The van der Waals surface area contributed by atoms with E-state index in [9.17, 15) is 4.79 Å². The molecule has 0 fully saturated rings. The number of carboxylic acids is 1. The van der Waals surface area contributed by atoms with Gasteiger partial charge < -0.3 is 5.11 Å². The van der Waals surface area contributed by atoms with Gasteiger partial charge in [-0.05, 0) is 49.3 Å². The summed E-state index contributed by atoms with van der Waals surface area (Å²) >= 11 is 0. The minimum absolute atomic E-state index is 0.300. The summed E-state index contributed by atoms with van der Waals surface area (Å²) in [7, 11) is 0. The van der Waals surface area contributed by atoms with E-state index < -0.39 is 5.97 Å². The molecule has 0 aliphatic heterocycles. The minimum atomic E-state index is -0.685. The molecule has 18 heavy (non-hydrogen) atoms. The van der Waals surface area contributed by atoms with Gasteiger partial charge in [-0.3, -0.25) is 4.79 Å². The Hall–Kier alpha value is -1.31. The molecule has 2 nitrogen and oxygen atoms in total. The summed E-state index contributed by atoms with van der Waals surface area (Å²) in [5.41, 5.74) is 4.20. The first-order valence-electron chi connectivity index (χ1n) is 6.93. The fourth-order valence-electron chi connectivity index (χ4n) is 2.25. The second-order valence-corrected chi connectivity index (χ2v) is 4.97. The first-order valence-corrected chi connectivity index (χ1v) is 6.93. The highest BCUT2D eigenvalue weighted by Crippen LogP contribution is 2.15. The van der Waals surface area contributed by atoms with Gasteiger partial charge in [0.2, 0.25) is 0 Å². The Morgan fingerprint density at radius 1 is 1.17 bits per heavy atom. The molecule has 0 bridgehead atoms. The summed E-state index contributed by atoms with van der Waals surface area (Å²) in [4.78, 5) is 10.4. The van der Waals surface area contributed by atoms with Crippen molar-refractivity contribution in [1.82, 2.24) is 0 Å². The number of aryl methyl sites for hydroxylation is 3. The molecule has 2 heteroatoms. The van der Waals surface area contributed by atoms with Gasteiger partial charge in [-0.15, -0.1) is 0 Å².